The van der Waals surface area contributed by atoms with Gasteiger partial charge in [-0.3, -0.25) is 9.20 Å². The molecular formula is C21H19FN4O2S. The summed E-state index contributed by atoms with van der Waals surface area (Å²) < 4.78 is 20.6. The van der Waals surface area contributed by atoms with Crippen molar-refractivity contribution in [3.63, 3.8) is 0 Å². The molecule has 4 aromatic rings. The van der Waals surface area contributed by atoms with Gasteiger partial charge in [0.05, 0.1) is 5.69 Å². The van der Waals surface area contributed by atoms with E-state index in [1.807, 2.05) is 6.92 Å². The van der Waals surface area contributed by atoms with Gasteiger partial charge in [-0.1, -0.05) is 5.16 Å². The van der Waals surface area contributed by atoms with Crippen molar-refractivity contribution in [2.75, 3.05) is 13.1 Å². The summed E-state index contributed by atoms with van der Waals surface area (Å²) in [6.07, 6.45) is 0.869. The Labute approximate surface area is 170 Å². The molecule has 1 fully saturated rings. The third kappa shape index (κ3) is 3.04. The Kier molecular flexibility index (Phi) is 4.24. The van der Waals surface area contributed by atoms with Crippen molar-refractivity contribution in [2.24, 2.45) is 0 Å². The third-order valence-corrected chi connectivity index (χ3v) is 6.52. The number of nitrogens with zero attached hydrogens (tertiary/aromatic N) is 4. The first-order valence-corrected chi connectivity index (χ1v) is 10.3. The monoisotopic (exact) mass is 410 g/mol. The molecule has 0 bridgehead atoms. The van der Waals surface area contributed by atoms with Crippen molar-refractivity contribution in [3.8, 4) is 11.3 Å². The van der Waals surface area contributed by atoms with Crippen LogP contribution in [0, 0.1) is 19.7 Å². The Morgan fingerprint density at radius 1 is 1.28 bits per heavy atom. The number of aryl methyl sites for hydroxylation is 2. The molecule has 1 amide bonds. The van der Waals surface area contributed by atoms with Crippen LogP contribution in [0.2, 0.25) is 0 Å². The number of carbonyl (C=O) groups excluding carboxylic acids is 1. The van der Waals surface area contributed by atoms with Gasteiger partial charge in [0.15, 0.2) is 0 Å². The number of hydrogen-bond acceptors (Lipinski definition) is 5. The Bertz CT molecular complexity index is 1210. The lowest BCUT2D eigenvalue weighted by Crippen LogP contribution is -2.28. The van der Waals surface area contributed by atoms with E-state index in [1.165, 1.54) is 17.8 Å². The molecule has 29 heavy (non-hydrogen) atoms. The van der Waals surface area contributed by atoms with Gasteiger partial charge in [0.1, 0.15) is 22.2 Å². The predicted octanol–water partition coefficient (Wildman–Crippen LogP) is 4.44. The third-order valence-electron chi connectivity index (χ3n) is 5.44. The maximum Gasteiger partial charge on any atom is 0.292 e. The van der Waals surface area contributed by atoms with Gasteiger partial charge in [0.25, 0.3) is 5.91 Å². The standard InChI is InChI=1S/C21H19FN4O2S/c1-12-11-29-21-19(23-13(2)26(12)21)15-7-8-25(10-15)20(27)18-9-17(24-28-18)14-3-5-16(22)6-4-14/h3-6,9,11,15H,7-8,10H2,1-2H3/t15-/m0/s1. The molecule has 3 aromatic heterocycles. The minimum atomic E-state index is -0.318. The molecule has 5 rings (SSSR count). The minimum absolute atomic E-state index is 0.178. The lowest BCUT2D eigenvalue weighted by Gasteiger charge is -2.13. The van der Waals surface area contributed by atoms with Gasteiger partial charge in [0, 0.05) is 41.7 Å². The average molecular weight is 410 g/mol. The molecular weight excluding hydrogens is 391 g/mol. The second-order valence-electron chi connectivity index (χ2n) is 7.38. The van der Waals surface area contributed by atoms with E-state index in [-0.39, 0.29) is 23.4 Å². The predicted molar refractivity (Wildman–Crippen MR) is 108 cm³/mol. The van der Waals surface area contributed by atoms with E-state index in [2.05, 4.69) is 21.9 Å². The van der Waals surface area contributed by atoms with E-state index in [0.717, 1.165) is 22.8 Å². The van der Waals surface area contributed by atoms with E-state index >= 15 is 0 Å². The van der Waals surface area contributed by atoms with E-state index in [9.17, 15) is 9.18 Å². The van der Waals surface area contributed by atoms with Crippen LogP contribution in [0.4, 0.5) is 4.39 Å². The first kappa shape index (κ1) is 18.1. The van der Waals surface area contributed by atoms with E-state index in [0.29, 0.717) is 24.3 Å². The number of likely N-dealkylation sites (tertiary alicyclic amines) is 1. The number of imidazole rings is 1. The molecule has 1 aliphatic heterocycles. The average Bonchev–Trinajstić information content (AvgIpc) is 3.48. The van der Waals surface area contributed by atoms with Gasteiger partial charge in [0.2, 0.25) is 5.76 Å². The topological polar surface area (TPSA) is 63.6 Å². The molecule has 0 spiro atoms. The van der Waals surface area contributed by atoms with E-state index in [1.54, 1.807) is 34.4 Å². The van der Waals surface area contributed by atoms with Crippen molar-refractivity contribution in [1.82, 2.24) is 19.4 Å². The first-order chi connectivity index (χ1) is 14.0. The van der Waals surface area contributed by atoms with Gasteiger partial charge < -0.3 is 9.42 Å². The van der Waals surface area contributed by atoms with Crippen LogP contribution >= 0.6 is 11.3 Å². The summed E-state index contributed by atoms with van der Waals surface area (Å²) in [4.78, 5) is 20.6. The van der Waals surface area contributed by atoms with Crippen LogP contribution < -0.4 is 0 Å². The van der Waals surface area contributed by atoms with Crippen LogP contribution in [0.25, 0.3) is 16.1 Å². The molecule has 0 aliphatic carbocycles. The molecule has 148 valence electrons. The molecule has 0 saturated carbocycles. The SMILES string of the molecule is Cc1csc2c([C@H]3CCN(C(=O)c4cc(-c5ccc(F)cc5)no4)C3)nc(C)n12. The van der Waals surface area contributed by atoms with Crippen molar-refractivity contribution < 1.29 is 13.7 Å². The maximum atomic E-state index is 13.1. The number of rotatable bonds is 3. The number of hydrogen-bond donors (Lipinski definition) is 0. The quantitative estimate of drug-likeness (QED) is 0.501. The number of halogens is 1. The van der Waals surface area contributed by atoms with Crippen molar-refractivity contribution >= 4 is 22.1 Å². The molecule has 1 aliphatic rings. The molecule has 1 atom stereocenters. The summed E-state index contributed by atoms with van der Waals surface area (Å²) in [7, 11) is 0. The highest BCUT2D eigenvalue weighted by Crippen LogP contribution is 2.34. The van der Waals surface area contributed by atoms with Crippen LogP contribution in [0.15, 0.2) is 40.2 Å². The fourth-order valence-electron chi connectivity index (χ4n) is 3.98. The Morgan fingerprint density at radius 2 is 2.07 bits per heavy atom. The summed E-state index contributed by atoms with van der Waals surface area (Å²) in [6.45, 7) is 5.35. The van der Waals surface area contributed by atoms with Crippen molar-refractivity contribution in [1.29, 1.82) is 0 Å². The van der Waals surface area contributed by atoms with Gasteiger partial charge in [-0.25, -0.2) is 9.37 Å². The van der Waals surface area contributed by atoms with Gasteiger partial charge >= 0.3 is 0 Å². The Morgan fingerprint density at radius 3 is 2.86 bits per heavy atom. The molecule has 8 heteroatoms. The number of aromatic nitrogens is 3. The second kappa shape index (κ2) is 6.81. The van der Waals surface area contributed by atoms with E-state index in [4.69, 9.17) is 9.51 Å². The van der Waals surface area contributed by atoms with Gasteiger partial charge in [-0.05, 0) is 44.5 Å². The first-order valence-electron chi connectivity index (χ1n) is 9.46. The summed E-state index contributed by atoms with van der Waals surface area (Å²) in [6, 6.07) is 7.56. The minimum Gasteiger partial charge on any atom is -0.350 e. The number of amides is 1. The zero-order valence-electron chi connectivity index (χ0n) is 16.1. The highest BCUT2D eigenvalue weighted by molar-refractivity contribution is 7.15. The van der Waals surface area contributed by atoms with Gasteiger partial charge in [-0.15, -0.1) is 11.3 Å². The van der Waals surface area contributed by atoms with Crippen LogP contribution in [0.1, 0.15) is 40.1 Å². The fourth-order valence-corrected chi connectivity index (χ4v) is 5.08. The molecule has 0 N–H and O–H groups in total. The second-order valence-corrected chi connectivity index (χ2v) is 8.24. The molecule has 1 saturated heterocycles. The highest BCUT2D eigenvalue weighted by atomic mass is 32.1. The normalized spacial score (nSPS) is 16.8. The largest absolute Gasteiger partial charge is 0.350 e. The van der Waals surface area contributed by atoms with Crippen LogP contribution in [0.5, 0.6) is 0 Å². The zero-order valence-corrected chi connectivity index (χ0v) is 16.9. The molecule has 6 nitrogen and oxygen atoms in total. The summed E-state index contributed by atoms with van der Waals surface area (Å²) >= 11 is 1.70. The summed E-state index contributed by atoms with van der Waals surface area (Å²) in [5.41, 5.74) is 3.48. The number of fused-ring (bicyclic) bond motifs is 1. The van der Waals surface area contributed by atoms with Crippen LogP contribution in [-0.2, 0) is 0 Å². The maximum absolute atomic E-state index is 13.1. The van der Waals surface area contributed by atoms with Crippen molar-refractivity contribution in [2.45, 2.75) is 26.2 Å². The number of thiazole rings is 1. The highest BCUT2D eigenvalue weighted by Gasteiger charge is 2.33. The Balaban J connectivity index is 1.35. The zero-order chi connectivity index (χ0) is 20.1. The number of benzene rings is 1. The summed E-state index contributed by atoms with van der Waals surface area (Å²) in [5, 5.41) is 6.11. The molecule has 4 heterocycles. The molecule has 1 aromatic carbocycles. The van der Waals surface area contributed by atoms with Gasteiger partial charge in [-0.2, -0.15) is 0 Å². The van der Waals surface area contributed by atoms with Crippen LogP contribution in [-0.4, -0.2) is 38.4 Å². The van der Waals surface area contributed by atoms with E-state index < -0.39 is 0 Å². The van der Waals surface area contributed by atoms with Crippen LogP contribution in [0.3, 0.4) is 0 Å². The smallest absolute Gasteiger partial charge is 0.292 e. The molecule has 0 radical (unpaired) electrons. The lowest BCUT2D eigenvalue weighted by atomic mass is 10.1. The Hall–Kier alpha value is -3.00. The lowest BCUT2D eigenvalue weighted by molar-refractivity contribution is 0.0749. The fraction of sp³-hybridized carbons (Fsp3) is 0.286. The van der Waals surface area contributed by atoms with Crippen molar-refractivity contribution in [3.05, 3.63) is 64.5 Å². The number of carbonyl (C=O) groups is 1. The molecule has 0 unspecified atom stereocenters. The summed E-state index contributed by atoms with van der Waals surface area (Å²) in [5.74, 6) is 0.894.